The Hall–Kier alpha value is -1.33. The topological polar surface area (TPSA) is 94.9 Å². The lowest BCUT2D eigenvalue weighted by atomic mass is 10.4. The smallest absolute Gasteiger partial charge is 0.126 e. The summed E-state index contributed by atoms with van der Waals surface area (Å²) in [6, 6.07) is 0. The predicted octanol–water partition coefficient (Wildman–Crippen LogP) is 1.36. The van der Waals surface area contributed by atoms with Crippen molar-refractivity contribution in [2.75, 3.05) is 59.6 Å². The molecule has 120 valence electrons. The highest BCUT2D eigenvalue weighted by atomic mass is 16.6. The van der Waals surface area contributed by atoms with Crippen molar-refractivity contribution in [3.05, 3.63) is 10.4 Å². The Morgan fingerprint density at radius 1 is 1.14 bits per heavy atom. The highest BCUT2D eigenvalue weighted by Gasteiger charge is 2.01. The van der Waals surface area contributed by atoms with Crippen molar-refractivity contribution in [3.8, 4) is 12.3 Å². The number of azide groups is 1. The van der Waals surface area contributed by atoms with Gasteiger partial charge in [-0.25, -0.2) is 0 Å². The van der Waals surface area contributed by atoms with Gasteiger partial charge < -0.3 is 23.7 Å². The van der Waals surface area contributed by atoms with Gasteiger partial charge >= 0.3 is 0 Å². The van der Waals surface area contributed by atoms with E-state index >= 15 is 0 Å². The molecule has 21 heavy (non-hydrogen) atoms. The van der Waals surface area contributed by atoms with Crippen molar-refractivity contribution in [1.29, 1.82) is 0 Å². The van der Waals surface area contributed by atoms with Crippen LogP contribution in [0.1, 0.15) is 8.27 Å². The van der Waals surface area contributed by atoms with Crippen LogP contribution in [0.2, 0.25) is 0 Å². The number of hydrogen-bond acceptors (Lipinski definition) is 6. The highest BCUT2D eigenvalue weighted by Crippen LogP contribution is 1.93. The second kappa shape index (κ2) is 16.7. The molecule has 0 aliphatic rings. The van der Waals surface area contributed by atoms with E-state index in [1.807, 2.05) is 0 Å². The van der Waals surface area contributed by atoms with Crippen molar-refractivity contribution < 1.29 is 25.1 Å². The summed E-state index contributed by atoms with van der Waals surface area (Å²) in [6.45, 7) is 3.15. The molecule has 0 aromatic rings. The second-order valence-corrected chi connectivity index (χ2v) is 3.71. The van der Waals surface area contributed by atoms with E-state index in [1.54, 1.807) is 0 Å². The molecule has 0 saturated carbocycles. The van der Waals surface area contributed by atoms with Gasteiger partial charge in [0.15, 0.2) is 0 Å². The summed E-state index contributed by atoms with van der Waals surface area (Å²) in [5.74, 6) is 2.37. The molecule has 0 amide bonds. The second-order valence-electron chi connectivity index (χ2n) is 3.71. The molecule has 8 nitrogen and oxygen atoms in total. The van der Waals surface area contributed by atoms with E-state index in [4.69, 9.17) is 37.0 Å². The van der Waals surface area contributed by atoms with Crippen molar-refractivity contribution in [2.24, 2.45) is 5.11 Å². The Kier molecular flexibility index (Phi) is 14.1. The van der Waals surface area contributed by atoms with Gasteiger partial charge in [0.05, 0.1) is 52.4 Å². The van der Waals surface area contributed by atoms with Crippen LogP contribution in [0, 0.1) is 12.3 Å². The Balaban J connectivity index is 3.29. The van der Waals surface area contributed by atoms with Crippen LogP contribution in [0.3, 0.4) is 0 Å². The van der Waals surface area contributed by atoms with Crippen molar-refractivity contribution >= 4 is 0 Å². The summed E-state index contributed by atoms with van der Waals surface area (Å²) >= 11 is 0. The van der Waals surface area contributed by atoms with E-state index in [2.05, 4.69) is 15.9 Å². The molecular formula is C13H23N3O5. The van der Waals surface area contributed by atoms with Gasteiger partial charge in [-0.1, -0.05) is 11.0 Å². The number of rotatable bonds is 15. The summed E-state index contributed by atoms with van der Waals surface area (Å²) in [5, 5.41) is 3.22. The fourth-order valence-corrected chi connectivity index (χ4v) is 1.14. The third-order valence-corrected chi connectivity index (χ3v) is 2.03. The molecular weight excluding hydrogens is 278 g/mol. The van der Waals surface area contributed by atoms with Gasteiger partial charge in [-0.3, -0.25) is 0 Å². The largest absolute Gasteiger partial charge is 0.377 e. The van der Waals surface area contributed by atoms with E-state index in [1.165, 1.54) is 0 Å². The first-order chi connectivity index (χ1) is 10.8. The minimum Gasteiger partial charge on any atom is -0.377 e. The van der Waals surface area contributed by atoms with Crippen LogP contribution >= 0.6 is 0 Å². The minimum atomic E-state index is -0.359. The molecule has 0 fully saturated rings. The molecule has 0 aliphatic heterocycles. The third kappa shape index (κ3) is 16.6. The van der Waals surface area contributed by atoms with Gasteiger partial charge in [0, 0.05) is 6.28 Å². The lowest BCUT2D eigenvalue weighted by molar-refractivity contribution is -0.0378. The zero-order valence-corrected chi connectivity index (χ0v) is 12.1. The van der Waals surface area contributed by atoms with Gasteiger partial charge in [0.1, 0.15) is 13.3 Å². The Bertz CT molecular complexity index is 334. The highest BCUT2D eigenvalue weighted by molar-refractivity contribution is 4.82. The molecule has 0 radical (unpaired) electrons. The first kappa shape index (κ1) is 17.7. The summed E-state index contributed by atoms with van der Waals surface area (Å²) in [6.07, 6.45) is 4.66. The van der Waals surface area contributed by atoms with E-state index in [0.717, 1.165) is 0 Å². The van der Waals surface area contributed by atoms with Crippen molar-refractivity contribution in [3.63, 3.8) is 0 Å². The summed E-state index contributed by atoms with van der Waals surface area (Å²) in [5.41, 5.74) is 8.07. The Morgan fingerprint density at radius 2 is 1.81 bits per heavy atom. The van der Waals surface area contributed by atoms with Gasteiger partial charge in [-0.2, -0.15) is 0 Å². The molecule has 0 heterocycles. The van der Waals surface area contributed by atoms with Gasteiger partial charge in [-0.15, -0.1) is 6.42 Å². The first-order valence-corrected chi connectivity index (χ1v) is 6.51. The third-order valence-electron chi connectivity index (χ3n) is 2.03. The van der Waals surface area contributed by atoms with Crippen molar-refractivity contribution in [1.82, 2.24) is 0 Å². The van der Waals surface area contributed by atoms with Crippen LogP contribution in [0.4, 0.5) is 0 Å². The number of nitrogens with zero attached hydrogens (tertiary/aromatic N) is 3. The molecule has 0 unspecified atom stereocenters. The van der Waals surface area contributed by atoms with Crippen molar-refractivity contribution in [2.45, 2.75) is 13.0 Å². The molecule has 0 rings (SSSR count). The number of terminal acetylenes is 1. The molecule has 1 atom stereocenters. The minimum absolute atomic E-state index is 0.0603. The van der Waals surface area contributed by atoms with Crippen LogP contribution in [-0.4, -0.2) is 65.7 Å². The quantitative estimate of drug-likeness (QED) is 0.150. The molecule has 0 aromatic heterocycles. The van der Waals surface area contributed by atoms with Crippen LogP contribution in [-0.2, 0) is 23.7 Å². The van der Waals surface area contributed by atoms with E-state index in [0.29, 0.717) is 46.2 Å². The number of hydrogen-bond donors (Lipinski definition) is 0. The molecule has 0 aliphatic carbocycles. The summed E-state index contributed by atoms with van der Waals surface area (Å²) in [4.78, 5) is 2.55. The molecule has 0 N–H and O–H groups in total. The van der Waals surface area contributed by atoms with Gasteiger partial charge in [-0.05, 0) is 12.4 Å². The standard InChI is InChI=1S/C13H23N3O5/c1-3-4-17-5-6-18-7-8-19-9-10-21-13(2)11-20-12-15-16-14/h1,13H,4-12H2,2H3/t13-/m0/s1/i2D. The van der Waals surface area contributed by atoms with Crippen LogP contribution in [0.25, 0.3) is 10.4 Å². The fraction of sp³-hybridized carbons (Fsp3) is 0.846. The Morgan fingerprint density at radius 3 is 2.43 bits per heavy atom. The average molecular weight is 302 g/mol. The van der Waals surface area contributed by atoms with E-state index in [-0.39, 0.29) is 26.3 Å². The molecule has 0 spiro atoms. The summed E-state index contributed by atoms with van der Waals surface area (Å²) in [7, 11) is 0. The normalized spacial score (nSPS) is 12.2. The zero-order chi connectivity index (χ0) is 16.3. The predicted molar refractivity (Wildman–Crippen MR) is 76.7 cm³/mol. The zero-order valence-electron chi connectivity index (χ0n) is 13.1. The van der Waals surface area contributed by atoms with Crippen LogP contribution in [0.15, 0.2) is 5.11 Å². The summed E-state index contributed by atoms with van der Waals surface area (Å²) < 4.78 is 33.3. The lowest BCUT2D eigenvalue weighted by Crippen LogP contribution is -2.19. The maximum atomic E-state index is 8.07. The maximum absolute atomic E-state index is 8.07. The monoisotopic (exact) mass is 302 g/mol. The van der Waals surface area contributed by atoms with Crippen LogP contribution in [0.5, 0.6) is 0 Å². The maximum Gasteiger partial charge on any atom is 0.126 e. The van der Waals surface area contributed by atoms with Crippen LogP contribution < -0.4 is 0 Å². The van der Waals surface area contributed by atoms with E-state index in [9.17, 15) is 0 Å². The Labute approximate surface area is 126 Å². The van der Waals surface area contributed by atoms with Gasteiger partial charge in [0.2, 0.25) is 0 Å². The molecule has 8 heteroatoms. The lowest BCUT2D eigenvalue weighted by Gasteiger charge is -2.12. The molecule has 0 saturated heterocycles. The molecule has 0 bridgehead atoms. The molecule has 0 aromatic carbocycles. The van der Waals surface area contributed by atoms with Gasteiger partial charge in [0.25, 0.3) is 0 Å². The first-order valence-electron chi connectivity index (χ1n) is 7.22. The SMILES string of the molecule is [2H]C[C@@H](COCN=[N+]=[N-])OCCOCCOCCOCC#C. The fourth-order valence-electron chi connectivity index (χ4n) is 1.14. The average Bonchev–Trinajstić information content (AvgIpc) is 2.54. The number of ether oxygens (including phenoxy) is 5. The van der Waals surface area contributed by atoms with E-state index < -0.39 is 0 Å².